The molecule has 0 bridgehead atoms. The summed E-state index contributed by atoms with van der Waals surface area (Å²) in [6.45, 7) is 1.21. The van der Waals surface area contributed by atoms with Crippen LogP contribution in [0.1, 0.15) is 17.5 Å². The maximum absolute atomic E-state index is 12.1. The maximum Gasteiger partial charge on any atom is 0.225 e. The van der Waals surface area contributed by atoms with Gasteiger partial charge in [-0.15, -0.1) is 0 Å². The molecule has 2 heterocycles. The molecule has 3 rings (SSSR count). The van der Waals surface area contributed by atoms with Crippen LogP contribution in [0.2, 0.25) is 5.15 Å². The Balaban J connectivity index is 1.66. The highest BCUT2D eigenvalue weighted by Gasteiger charge is 2.30. The lowest BCUT2D eigenvalue weighted by atomic mass is 10.2. The van der Waals surface area contributed by atoms with E-state index in [0.717, 1.165) is 17.1 Å². The Morgan fingerprint density at radius 1 is 1.45 bits per heavy atom. The first-order chi connectivity index (χ1) is 10.7. The monoisotopic (exact) mass is 332 g/mol. The van der Waals surface area contributed by atoms with Gasteiger partial charge in [0.1, 0.15) is 16.6 Å². The highest BCUT2D eigenvalue weighted by molar-refractivity contribution is 7.10. The molecular formula is C15H13ClN4OS. The fourth-order valence-electron chi connectivity index (χ4n) is 2.48. The van der Waals surface area contributed by atoms with Gasteiger partial charge in [-0.3, -0.25) is 4.79 Å². The Hall–Kier alpha value is -2.10. The van der Waals surface area contributed by atoms with Crippen molar-refractivity contribution >= 4 is 34.0 Å². The van der Waals surface area contributed by atoms with E-state index in [9.17, 15) is 4.79 Å². The van der Waals surface area contributed by atoms with Crippen LogP contribution < -0.4 is 5.32 Å². The molecule has 1 saturated heterocycles. The SMILES string of the molecule is N#Cc1c(Cl)nsc1NC1CC(=O)N(Cc2ccccc2)C1. The third-order valence-corrected chi connectivity index (χ3v) is 4.68. The molecule has 5 nitrogen and oxygen atoms in total. The minimum absolute atomic E-state index is 0.0279. The number of nitriles is 1. The Bertz CT molecular complexity index is 725. The number of anilines is 1. The summed E-state index contributed by atoms with van der Waals surface area (Å²) in [6, 6.07) is 11.9. The zero-order valence-corrected chi connectivity index (χ0v) is 13.2. The standard InChI is InChI=1S/C15H13ClN4OS/c16-14-12(7-17)15(22-19-14)18-11-6-13(21)20(9-11)8-10-4-2-1-3-5-10/h1-5,11,18H,6,8-9H2. The van der Waals surface area contributed by atoms with Gasteiger partial charge >= 0.3 is 0 Å². The van der Waals surface area contributed by atoms with Crippen LogP contribution in [0.5, 0.6) is 0 Å². The largest absolute Gasteiger partial charge is 0.369 e. The molecule has 0 aliphatic carbocycles. The zero-order chi connectivity index (χ0) is 15.5. The average Bonchev–Trinajstić information content (AvgIpc) is 3.03. The summed E-state index contributed by atoms with van der Waals surface area (Å²) in [5, 5.41) is 13.1. The van der Waals surface area contributed by atoms with Crippen molar-refractivity contribution in [2.75, 3.05) is 11.9 Å². The van der Waals surface area contributed by atoms with Crippen molar-refractivity contribution in [1.82, 2.24) is 9.27 Å². The van der Waals surface area contributed by atoms with Gasteiger partial charge in [0.05, 0.1) is 6.04 Å². The molecule has 1 aliphatic heterocycles. The molecule has 1 aromatic carbocycles. The maximum atomic E-state index is 12.1. The number of carbonyl (C=O) groups excluding carboxylic acids is 1. The van der Waals surface area contributed by atoms with Gasteiger partial charge < -0.3 is 10.2 Å². The fraction of sp³-hybridized carbons (Fsp3) is 0.267. The molecule has 1 fully saturated rings. The number of nitrogens with one attached hydrogen (secondary N) is 1. The van der Waals surface area contributed by atoms with Gasteiger partial charge in [0.25, 0.3) is 0 Å². The van der Waals surface area contributed by atoms with E-state index in [1.54, 1.807) is 0 Å². The molecule has 0 saturated carbocycles. The van der Waals surface area contributed by atoms with Crippen LogP contribution in [-0.2, 0) is 11.3 Å². The number of benzene rings is 1. The van der Waals surface area contributed by atoms with Gasteiger partial charge in [-0.2, -0.15) is 9.64 Å². The molecular weight excluding hydrogens is 320 g/mol. The Labute approximate surface area is 137 Å². The first-order valence-corrected chi connectivity index (χ1v) is 7.96. The number of carbonyl (C=O) groups is 1. The topological polar surface area (TPSA) is 69.0 Å². The summed E-state index contributed by atoms with van der Waals surface area (Å²) in [6.07, 6.45) is 0.410. The van der Waals surface area contributed by atoms with Crippen LogP contribution in [0.4, 0.5) is 5.00 Å². The molecule has 112 valence electrons. The van der Waals surface area contributed by atoms with Crippen LogP contribution in [0.25, 0.3) is 0 Å². The number of hydrogen-bond acceptors (Lipinski definition) is 5. The molecule has 1 atom stereocenters. The van der Waals surface area contributed by atoms with E-state index in [0.29, 0.717) is 30.1 Å². The minimum atomic E-state index is -0.0279. The van der Waals surface area contributed by atoms with E-state index in [1.165, 1.54) is 0 Å². The van der Waals surface area contributed by atoms with E-state index < -0.39 is 0 Å². The van der Waals surface area contributed by atoms with Gasteiger partial charge in [-0.25, -0.2) is 0 Å². The van der Waals surface area contributed by atoms with Crippen molar-refractivity contribution < 1.29 is 4.79 Å². The Morgan fingerprint density at radius 2 is 2.23 bits per heavy atom. The Kier molecular flexibility index (Phi) is 4.27. The third kappa shape index (κ3) is 3.06. The van der Waals surface area contributed by atoms with Crippen molar-refractivity contribution in [2.24, 2.45) is 0 Å². The average molecular weight is 333 g/mol. The lowest BCUT2D eigenvalue weighted by Crippen LogP contribution is -2.27. The van der Waals surface area contributed by atoms with E-state index in [-0.39, 0.29) is 17.1 Å². The molecule has 7 heteroatoms. The van der Waals surface area contributed by atoms with Gasteiger partial charge in [-0.05, 0) is 17.1 Å². The molecule has 2 aromatic rings. The molecule has 0 radical (unpaired) electrons. The van der Waals surface area contributed by atoms with Crippen LogP contribution >= 0.6 is 23.1 Å². The molecule has 1 amide bonds. The first-order valence-electron chi connectivity index (χ1n) is 6.81. The van der Waals surface area contributed by atoms with E-state index in [4.69, 9.17) is 16.9 Å². The smallest absolute Gasteiger partial charge is 0.225 e. The van der Waals surface area contributed by atoms with Gasteiger partial charge in [-0.1, -0.05) is 41.9 Å². The van der Waals surface area contributed by atoms with Crippen LogP contribution in [-0.4, -0.2) is 27.8 Å². The normalized spacial score (nSPS) is 17.5. The van der Waals surface area contributed by atoms with Crippen LogP contribution in [0, 0.1) is 11.3 Å². The number of likely N-dealkylation sites (tertiary alicyclic amines) is 1. The number of halogens is 1. The molecule has 1 aliphatic rings. The number of aromatic nitrogens is 1. The van der Waals surface area contributed by atoms with Crippen molar-refractivity contribution in [3.05, 3.63) is 46.6 Å². The van der Waals surface area contributed by atoms with Gasteiger partial charge in [0.2, 0.25) is 5.91 Å². The zero-order valence-electron chi connectivity index (χ0n) is 11.6. The Morgan fingerprint density at radius 3 is 2.95 bits per heavy atom. The quantitative estimate of drug-likeness (QED) is 0.934. The first kappa shape index (κ1) is 14.8. The number of hydrogen-bond donors (Lipinski definition) is 1. The highest BCUT2D eigenvalue weighted by atomic mass is 35.5. The summed E-state index contributed by atoms with van der Waals surface area (Å²) >= 11 is 7.00. The third-order valence-electron chi connectivity index (χ3n) is 3.53. The van der Waals surface area contributed by atoms with Crippen molar-refractivity contribution in [2.45, 2.75) is 19.0 Å². The summed E-state index contributed by atoms with van der Waals surface area (Å²) < 4.78 is 3.96. The second-order valence-corrected chi connectivity index (χ2v) is 6.23. The minimum Gasteiger partial charge on any atom is -0.369 e. The number of rotatable bonds is 4. The highest BCUT2D eigenvalue weighted by Crippen LogP contribution is 2.29. The summed E-state index contributed by atoms with van der Waals surface area (Å²) in [5.41, 5.74) is 1.45. The number of amides is 1. The van der Waals surface area contributed by atoms with Crippen molar-refractivity contribution in [1.29, 1.82) is 5.26 Å². The lowest BCUT2D eigenvalue weighted by Gasteiger charge is -2.17. The van der Waals surface area contributed by atoms with E-state index in [2.05, 4.69) is 9.69 Å². The summed E-state index contributed by atoms with van der Waals surface area (Å²) in [4.78, 5) is 13.9. The predicted octanol–water partition coefficient (Wildman–Crippen LogP) is 2.88. The van der Waals surface area contributed by atoms with Crippen LogP contribution in [0.3, 0.4) is 0 Å². The van der Waals surface area contributed by atoms with Crippen LogP contribution in [0.15, 0.2) is 30.3 Å². The lowest BCUT2D eigenvalue weighted by molar-refractivity contribution is -0.128. The molecule has 1 unspecified atom stereocenters. The van der Waals surface area contributed by atoms with Gasteiger partial charge in [0.15, 0.2) is 5.15 Å². The molecule has 22 heavy (non-hydrogen) atoms. The predicted molar refractivity (Wildman–Crippen MR) is 85.7 cm³/mol. The van der Waals surface area contributed by atoms with Gasteiger partial charge in [0, 0.05) is 19.5 Å². The van der Waals surface area contributed by atoms with Crippen molar-refractivity contribution in [3.63, 3.8) is 0 Å². The second kappa shape index (κ2) is 6.34. The summed E-state index contributed by atoms with van der Waals surface area (Å²) in [7, 11) is 0. The second-order valence-electron chi connectivity index (χ2n) is 5.09. The molecule has 1 aromatic heterocycles. The number of nitrogens with zero attached hydrogens (tertiary/aromatic N) is 3. The molecule has 1 N–H and O–H groups in total. The fourth-order valence-corrected chi connectivity index (χ4v) is 3.49. The van der Waals surface area contributed by atoms with E-state index in [1.807, 2.05) is 41.3 Å². The van der Waals surface area contributed by atoms with Crippen molar-refractivity contribution in [3.8, 4) is 6.07 Å². The van der Waals surface area contributed by atoms with E-state index >= 15 is 0 Å². The summed E-state index contributed by atoms with van der Waals surface area (Å²) in [5.74, 6) is 0.107. The molecule has 0 spiro atoms.